The van der Waals surface area contributed by atoms with E-state index in [2.05, 4.69) is 10.4 Å². The number of aromatic nitrogens is 2. The van der Waals surface area contributed by atoms with Crippen LogP contribution in [-0.4, -0.2) is 28.3 Å². The van der Waals surface area contributed by atoms with Gasteiger partial charge in [-0.2, -0.15) is 5.10 Å². The van der Waals surface area contributed by atoms with Crippen molar-refractivity contribution in [1.82, 2.24) is 15.1 Å². The molecule has 0 aliphatic carbocycles. The summed E-state index contributed by atoms with van der Waals surface area (Å²) in [5, 5.41) is 6.69. The lowest BCUT2D eigenvalue weighted by Gasteiger charge is -2.03. The van der Waals surface area contributed by atoms with Crippen LogP contribution in [0.4, 0.5) is 0 Å². The highest BCUT2D eigenvalue weighted by Gasteiger charge is 2.07. The molecule has 0 aliphatic rings. The van der Waals surface area contributed by atoms with Gasteiger partial charge in [-0.15, -0.1) is 0 Å². The average molecular weight is 239 g/mol. The molecule has 0 radical (unpaired) electrons. The molecule has 0 aromatic carbocycles. The van der Waals surface area contributed by atoms with E-state index in [0.717, 1.165) is 5.56 Å². The molecule has 17 heavy (non-hydrogen) atoms. The molecule has 94 valence electrons. The van der Waals surface area contributed by atoms with E-state index in [1.54, 1.807) is 17.8 Å². The van der Waals surface area contributed by atoms with Crippen LogP contribution in [0.25, 0.3) is 0 Å². The maximum Gasteiger partial charge on any atom is 0.306 e. The Hall–Kier alpha value is -1.85. The molecular weight excluding hydrogens is 222 g/mol. The smallest absolute Gasteiger partial charge is 0.306 e. The van der Waals surface area contributed by atoms with Gasteiger partial charge in [-0.25, -0.2) is 0 Å². The van der Waals surface area contributed by atoms with E-state index in [-0.39, 0.29) is 24.7 Å². The van der Waals surface area contributed by atoms with Crippen LogP contribution < -0.4 is 5.32 Å². The van der Waals surface area contributed by atoms with E-state index < -0.39 is 0 Å². The number of rotatable bonds is 6. The fourth-order valence-corrected chi connectivity index (χ4v) is 1.30. The number of aryl methyl sites for hydroxylation is 1. The third-order valence-corrected chi connectivity index (χ3v) is 2.11. The van der Waals surface area contributed by atoms with E-state index in [1.807, 2.05) is 13.2 Å². The zero-order valence-electron chi connectivity index (χ0n) is 10.1. The zero-order valence-corrected chi connectivity index (χ0v) is 10.1. The quantitative estimate of drug-likeness (QED) is 0.728. The molecule has 1 aromatic rings. The Morgan fingerprint density at radius 1 is 1.47 bits per heavy atom. The summed E-state index contributed by atoms with van der Waals surface area (Å²) in [6, 6.07) is 0. The molecule has 6 heteroatoms. The summed E-state index contributed by atoms with van der Waals surface area (Å²) in [5.74, 6) is -0.508. The lowest BCUT2D eigenvalue weighted by atomic mass is 10.3. The van der Waals surface area contributed by atoms with E-state index in [0.29, 0.717) is 13.2 Å². The van der Waals surface area contributed by atoms with E-state index in [4.69, 9.17) is 4.74 Å². The van der Waals surface area contributed by atoms with Crippen molar-refractivity contribution >= 4 is 11.9 Å². The van der Waals surface area contributed by atoms with Gasteiger partial charge in [0, 0.05) is 31.8 Å². The van der Waals surface area contributed by atoms with Crippen molar-refractivity contribution in [3.8, 4) is 0 Å². The summed E-state index contributed by atoms with van der Waals surface area (Å²) in [6.45, 7) is 2.51. The van der Waals surface area contributed by atoms with Gasteiger partial charge in [0.25, 0.3) is 0 Å². The number of hydrogen-bond acceptors (Lipinski definition) is 4. The molecular formula is C11H17N3O3. The number of nitrogens with one attached hydrogen (secondary N) is 1. The van der Waals surface area contributed by atoms with Crippen molar-refractivity contribution < 1.29 is 14.3 Å². The minimum absolute atomic E-state index is 0.118. The molecule has 0 saturated carbocycles. The molecule has 0 aliphatic heterocycles. The van der Waals surface area contributed by atoms with Crippen LogP contribution >= 0.6 is 0 Å². The highest BCUT2D eigenvalue weighted by atomic mass is 16.5. The third kappa shape index (κ3) is 5.14. The molecule has 0 spiro atoms. The Bertz CT molecular complexity index is 387. The van der Waals surface area contributed by atoms with Crippen LogP contribution in [0.15, 0.2) is 12.4 Å². The Kier molecular flexibility index (Phi) is 5.19. The van der Waals surface area contributed by atoms with E-state index >= 15 is 0 Å². The van der Waals surface area contributed by atoms with Crippen LogP contribution in [0.3, 0.4) is 0 Å². The van der Waals surface area contributed by atoms with Crippen LogP contribution in [-0.2, 0) is 27.9 Å². The van der Waals surface area contributed by atoms with Gasteiger partial charge in [0.15, 0.2) is 0 Å². The standard InChI is InChI=1S/C11H17N3O3/c1-3-17-11(16)5-4-10(15)12-6-9-7-13-14(2)8-9/h7-8H,3-6H2,1-2H3,(H,12,15). The van der Waals surface area contributed by atoms with Gasteiger partial charge >= 0.3 is 5.97 Å². The van der Waals surface area contributed by atoms with Crippen molar-refractivity contribution in [2.45, 2.75) is 26.3 Å². The molecule has 1 heterocycles. The first kappa shape index (κ1) is 13.2. The zero-order chi connectivity index (χ0) is 12.7. The monoisotopic (exact) mass is 239 g/mol. The highest BCUT2D eigenvalue weighted by Crippen LogP contribution is 1.97. The van der Waals surface area contributed by atoms with Crippen LogP contribution in [0, 0.1) is 0 Å². The molecule has 0 atom stereocenters. The molecule has 1 aromatic heterocycles. The predicted molar refractivity (Wildman–Crippen MR) is 60.9 cm³/mol. The second-order valence-electron chi connectivity index (χ2n) is 3.60. The van der Waals surface area contributed by atoms with Crippen molar-refractivity contribution in [2.75, 3.05) is 6.61 Å². The van der Waals surface area contributed by atoms with Crippen LogP contribution in [0.1, 0.15) is 25.3 Å². The number of nitrogens with zero attached hydrogens (tertiary/aromatic N) is 2. The number of amides is 1. The second-order valence-corrected chi connectivity index (χ2v) is 3.60. The Labute approximate surface area is 99.9 Å². The fourth-order valence-electron chi connectivity index (χ4n) is 1.30. The lowest BCUT2D eigenvalue weighted by molar-refractivity contribution is -0.144. The Morgan fingerprint density at radius 3 is 2.82 bits per heavy atom. The van der Waals surface area contributed by atoms with Crippen LogP contribution in [0.2, 0.25) is 0 Å². The van der Waals surface area contributed by atoms with E-state index in [1.165, 1.54) is 0 Å². The van der Waals surface area contributed by atoms with Gasteiger partial charge in [0.05, 0.1) is 19.2 Å². The Balaban J connectivity index is 2.19. The first-order valence-electron chi connectivity index (χ1n) is 5.51. The third-order valence-electron chi connectivity index (χ3n) is 2.11. The summed E-state index contributed by atoms with van der Waals surface area (Å²) in [7, 11) is 1.81. The van der Waals surface area contributed by atoms with Gasteiger partial charge in [-0.3, -0.25) is 14.3 Å². The SMILES string of the molecule is CCOC(=O)CCC(=O)NCc1cnn(C)c1. The summed E-state index contributed by atoms with van der Waals surface area (Å²) in [4.78, 5) is 22.4. The summed E-state index contributed by atoms with van der Waals surface area (Å²) in [6.07, 6.45) is 3.78. The van der Waals surface area contributed by atoms with Gasteiger partial charge < -0.3 is 10.1 Å². The number of ether oxygens (including phenoxy) is 1. The van der Waals surface area contributed by atoms with Gasteiger partial charge in [0.2, 0.25) is 5.91 Å². The average Bonchev–Trinajstić information content (AvgIpc) is 2.70. The molecule has 0 saturated heterocycles. The number of carbonyl (C=O) groups excluding carboxylic acids is 2. The molecule has 0 bridgehead atoms. The second kappa shape index (κ2) is 6.67. The molecule has 0 unspecified atom stereocenters. The van der Waals surface area contributed by atoms with E-state index in [9.17, 15) is 9.59 Å². The first-order chi connectivity index (χ1) is 8.11. The van der Waals surface area contributed by atoms with Crippen molar-refractivity contribution in [3.63, 3.8) is 0 Å². The predicted octanol–water partition coefficient (Wildman–Crippen LogP) is 0.380. The molecule has 0 fully saturated rings. The molecule has 1 amide bonds. The minimum Gasteiger partial charge on any atom is -0.466 e. The minimum atomic E-state index is -0.343. The molecule has 1 N–H and O–H groups in total. The fraction of sp³-hybridized carbons (Fsp3) is 0.545. The molecule has 6 nitrogen and oxygen atoms in total. The van der Waals surface area contributed by atoms with Gasteiger partial charge in [-0.1, -0.05) is 0 Å². The lowest BCUT2D eigenvalue weighted by Crippen LogP contribution is -2.23. The summed E-state index contributed by atoms with van der Waals surface area (Å²) < 4.78 is 6.39. The highest BCUT2D eigenvalue weighted by molar-refractivity contribution is 5.81. The normalized spacial score (nSPS) is 10.0. The maximum atomic E-state index is 11.4. The van der Waals surface area contributed by atoms with Crippen molar-refractivity contribution in [1.29, 1.82) is 0 Å². The van der Waals surface area contributed by atoms with Crippen molar-refractivity contribution in [2.24, 2.45) is 7.05 Å². The van der Waals surface area contributed by atoms with Crippen LogP contribution in [0.5, 0.6) is 0 Å². The number of esters is 1. The summed E-state index contributed by atoms with van der Waals surface area (Å²) in [5.41, 5.74) is 0.928. The largest absolute Gasteiger partial charge is 0.466 e. The first-order valence-corrected chi connectivity index (χ1v) is 5.51. The van der Waals surface area contributed by atoms with Gasteiger partial charge in [0.1, 0.15) is 0 Å². The summed E-state index contributed by atoms with van der Waals surface area (Å²) >= 11 is 0. The molecule has 1 rings (SSSR count). The van der Waals surface area contributed by atoms with Gasteiger partial charge in [-0.05, 0) is 6.92 Å². The number of hydrogen-bond donors (Lipinski definition) is 1. The maximum absolute atomic E-state index is 11.4. The number of carbonyl (C=O) groups is 2. The Morgan fingerprint density at radius 2 is 2.24 bits per heavy atom. The van der Waals surface area contributed by atoms with Crippen molar-refractivity contribution in [3.05, 3.63) is 18.0 Å². The topological polar surface area (TPSA) is 73.2 Å².